The summed E-state index contributed by atoms with van der Waals surface area (Å²) in [4.78, 5) is 6.64. The van der Waals surface area contributed by atoms with Crippen molar-refractivity contribution in [3.63, 3.8) is 0 Å². The summed E-state index contributed by atoms with van der Waals surface area (Å²) in [7, 11) is 7.30. The molecule has 2 aromatic rings. The van der Waals surface area contributed by atoms with E-state index in [-0.39, 0.29) is 30.0 Å². The SMILES string of the molecule is COc1ccc(C(CN=C(N)Nc2ccc(C)c(C)c2)N(C)C)cc1OC.I. The van der Waals surface area contributed by atoms with Gasteiger partial charge in [-0.05, 0) is 68.9 Å². The Bertz CT molecular complexity index is 809. The number of hydrogen-bond acceptors (Lipinski definition) is 4. The van der Waals surface area contributed by atoms with E-state index in [4.69, 9.17) is 15.2 Å². The number of nitrogens with two attached hydrogens (primary N) is 1. The van der Waals surface area contributed by atoms with Crippen LogP contribution in [-0.2, 0) is 0 Å². The van der Waals surface area contributed by atoms with E-state index in [0.29, 0.717) is 24.0 Å². The number of nitrogens with one attached hydrogen (secondary N) is 1. The van der Waals surface area contributed by atoms with Crippen molar-refractivity contribution in [2.45, 2.75) is 19.9 Å². The van der Waals surface area contributed by atoms with Gasteiger partial charge < -0.3 is 25.4 Å². The molecule has 28 heavy (non-hydrogen) atoms. The molecule has 0 aliphatic carbocycles. The number of aliphatic imine (C=N–C) groups is 1. The molecular formula is C21H31IN4O2. The van der Waals surface area contributed by atoms with E-state index >= 15 is 0 Å². The summed E-state index contributed by atoms with van der Waals surface area (Å²) in [6.45, 7) is 4.68. The summed E-state index contributed by atoms with van der Waals surface area (Å²) in [6.07, 6.45) is 0. The minimum Gasteiger partial charge on any atom is -0.493 e. The zero-order valence-corrected chi connectivity index (χ0v) is 19.8. The number of aryl methyl sites for hydroxylation is 2. The third-order valence-electron chi connectivity index (χ3n) is 4.63. The first-order chi connectivity index (χ1) is 12.8. The van der Waals surface area contributed by atoms with Gasteiger partial charge in [-0.1, -0.05) is 12.1 Å². The molecule has 0 saturated carbocycles. The molecule has 0 fully saturated rings. The number of likely N-dealkylation sites (N-methyl/N-ethyl adjacent to an activating group) is 1. The molecule has 0 bridgehead atoms. The maximum Gasteiger partial charge on any atom is 0.193 e. The number of benzene rings is 2. The molecule has 0 heterocycles. The summed E-state index contributed by atoms with van der Waals surface area (Å²) in [5, 5.41) is 3.16. The van der Waals surface area contributed by atoms with E-state index in [1.165, 1.54) is 11.1 Å². The molecule has 0 amide bonds. The normalized spacial score (nSPS) is 12.3. The quantitative estimate of drug-likeness (QED) is 0.344. The minimum atomic E-state index is 0. The van der Waals surface area contributed by atoms with Crippen LogP contribution in [0.15, 0.2) is 41.4 Å². The first kappa shape index (κ1) is 24.0. The number of halogens is 1. The van der Waals surface area contributed by atoms with Gasteiger partial charge in [0.05, 0.1) is 26.8 Å². The average Bonchev–Trinajstić information content (AvgIpc) is 2.64. The summed E-state index contributed by atoms with van der Waals surface area (Å²) < 4.78 is 10.7. The zero-order valence-electron chi connectivity index (χ0n) is 17.4. The fourth-order valence-corrected chi connectivity index (χ4v) is 2.82. The molecule has 0 radical (unpaired) electrons. The smallest absolute Gasteiger partial charge is 0.193 e. The van der Waals surface area contributed by atoms with Crippen molar-refractivity contribution in [1.29, 1.82) is 0 Å². The van der Waals surface area contributed by atoms with Gasteiger partial charge in [-0.3, -0.25) is 4.99 Å². The van der Waals surface area contributed by atoms with Gasteiger partial charge in [0.25, 0.3) is 0 Å². The van der Waals surface area contributed by atoms with E-state index < -0.39 is 0 Å². The number of guanidine groups is 1. The molecule has 3 N–H and O–H groups in total. The summed E-state index contributed by atoms with van der Waals surface area (Å²) in [6, 6.07) is 12.1. The zero-order chi connectivity index (χ0) is 20.0. The number of methoxy groups -OCH3 is 2. The Morgan fingerprint density at radius 2 is 1.71 bits per heavy atom. The summed E-state index contributed by atoms with van der Waals surface area (Å²) in [5.74, 6) is 1.80. The van der Waals surface area contributed by atoms with Gasteiger partial charge in [-0.2, -0.15) is 0 Å². The molecule has 7 heteroatoms. The van der Waals surface area contributed by atoms with Gasteiger partial charge in [-0.15, -0.1) is 24.0 Å². The van der Waals surface area contributed by atoms with E-state index in [9.17, 15) is 0 Å². The molecule has 6 nitrogen and oxygen atoms in total. The third-order valence-corrected chi connectivity index (χ3v) is 4.63. The highest BCUT2D eigenvalue weighted by atomic mass is 127. The van der Waals surface area contributed by atoms with Crippen molar-refractivity contribution >= 4 is 35.6 Å². The summed E-state index contributed by atoms with van der Waals surface area (Å²) >= 11 is 0. The topological polar surface area (TPSA) is 72.1 Å². The van der Waals surface area contributed by atoms with Crippen LogP contribution in [0.5, 0.6) is 11.5 Å². The van der Waals surface area contributed by atoms with Crippen molar-refractivity contribution in [3.05, 3.63) is 53.1 Å². The fourth-order valence-electron chi connectivity index (χ4n) is 2.82. The Morgan fingerprint density at radius 1 is 1.04 bits per heavy atom. The van der Waals surface area contributed by atoms with Crippen LogP contribution < -0.4 is 20.5 Å². The molecule has 0 aromatic heterocycles. The Hall–Kier alpha value is -2.00. The number of ether oxygens (including phenoxy) is 2. The Kier molecular flexibility index (Phi) is 9.54. The Balaban J connectivity index is 0.00000392. The first-order valence-corrected chi connectivity index (χ1v) is 8.88. The van der Waals surface area contributed by atoms with Crippen LogP contribution in [0.25, 0.3) is 0 Å². The molecule has 2 rings (SSSR count). The van der Waals surface area contributed by atoms with Crippen LogP contribution in [0.4, 0.5) is 5.69 Å². The predicted molar refractivity (Wildman–Crippen MR) is 127 cm³/mol. The molecule has 0 aliphatic heterocycles. The van der Waals surface area contributed by atoms with E-state index in [0.717, 1.165) is 11.3 Å². The van der Waals surface area contributed by atoms with Crippen LogP contribution in [0.2, 0.25) is 0 Å². The second-order valence-electron chi connectivity index (χ2n) is 6.74. The second kappa shape index (κ2) is 11.1. The molecule has 0 aliphatic rings. The Labute approximate surface area is 185 Å². The van der Waals surface area contributed by atoms with Gasteiger partial charge in [0, 0.05) is 5.69 Å². The van der Waals surface area contributed by atoms with Gasteiger partial charge >= 0.3 is 0 Å². The maximum atomic E-state index is 6.10. The minimum absolute atomic E-state index is 0. The highest BCUT2D eigenvalue weighted by molar-refractivity contribution is 14.0. The highest BCUT2D eigenvalue weighted by Gasteiger charge is 2.16. The van der Waals surface area contributed by atoms with E-state index in [2.05, 4.69) is 41.2 Å². The van der Waals surface area contributed by atoms with Crippen molar-refractivity contribution in [1.82, 2.24) is 4.90 Å². The highest BCUT2D eigenvalue weighted by Crippen LogP contribution is 2.31. The van der Waals surface area contributed by atoms with Gasteiger partial charge in [0.15, 0.2) is 17.5 Å². The second-order valence-corrected chi connectivity index (χ2v) is 6.74. The van der Waals surface area contributed by atoms with Crippen LogP contribution in [0.1, 0.15) is 22.7 Å². The molecule has 154 valence electrons. The lowest BCUT2D eigenvalue weighted by Gasteiger charge is -2.24. The van der Waals surface area contributed by atoms with Crippen LogP contribution in [0.3, 0.4) is 0 Å². The molecule has 2 aromatic carbocycles. The lowest BCUT2D eigenvalue weighted by Crippen LogP contribution is -2.27. The number of nitrogens with zero attached hydrogens (tertiary/aromatic N) is 2. The van der Waals surface area contributed by atoms with Gasteiger partial charge in [0.1, 0.15) is 0 Å². The van der Waals surface area contributed by atoms with E-state index in [1.807, 2.05) is 38.4 Å². The first-order valence-electron chi connectivity index (χ1n) is 8.88. The average molecular weight is 498 g/mol. The number of rotatable bonds is 7. The standard InChI is InChI=1S/C21H30N4O2.HI/c1-14-7-9-17(11-15(14)2)24-21(22)23-13-18(25(3)4)16-8-10-19(26-5)20(12-16)27-6;/h7-12,18H,13H2,1-6H3,(H3,22,23,24);1H. The molecule has 0 saturated heterocycles. The Morgan fingerprint density at radius 3 is 2.29 bits per heavy atom. The summed E-state index contributed by atoms with van der Waals surface area (Å²) in [5.41, 5.74) is 10.6. The van der Waals surface area contributed by atoms with Crippen molar-refractivity contribution in [2.75, 3.05) is 40.2 Å². The largest absolute Gasteiger partial charge is 0.493 e. The molecule has 1 unspecified atom stereocenters. The van der Waals surface area contributed by atoms with E-state index in [1.54, 1.807) is 14.2 Å². The van der Waals surface area contributed by atoms with Crippen LogP contribution >= 0.6 is 24.0 Å². The van der Waals surface area contributed by atoms with Crippen LogP contribution in [0, 0.1) is 13.8 Å². The van der Waals surface area contributed by atoms with Crippen LogP contribution in [-0.4, -0.2) is 45.7 Å². The van der Waals surface area contributed by atoms with Crippen molar-refractivity contribution < 1.29 is 9.47 Å². The fraction of sp³-hybridized carbons (Fsp3) is 0.381. The molecule has 1 atom stereocenters. The number of hydrogen-bond donors (Lipinski definition) is 2. The van der Waals surface area contributed by atoms with Crippen molar-refractivity contribution in [2.24, 2.45) is 10.7 Å². The lowest BCUT2D eigenvalue weighted by molar-refractivity contribution is 0.303. The monoisotopic (exact) mass is 498 g/mol. The molecular weight excluding hydrogens is 467 g/mol. The van der Waals surface area contributed by atoms with Crippen molar-refractivity contribution in [3.8, 4) is 11.5 Å². The maximum absolute atomic E-state index is 6.10. The van der Waals surface area contributed by atoms with Gasteiger partial charge in [-0.25, -0.2) is 0 Å². The number of anilines is 1. The third kappa shape index (κ3) is 6.27. The molecule has 0 spiro atoms. The lowest BCUT2D eigenvalue weighted by atomic mass is 10.1. The van der Waals surface area contributed by atoms with Gasteiger partial charge in [0.2, 0.25) is 0 Å². The predicted octanol–water partition coefficient (Wildman–Crippen LogP) is 3.97.